The van der Waals surface area contributed by atoms with Crippen molar-refractivity contribution in [1.82, 2.24) is 10.2 Å². The first-order valence-electron chi connectivity index (χ1n) is 9.58. The van der Waals surface area contributed by atoms with Gasteiger partial charge in [0.2, 0.25) is 11.8 Å². The number of hydrogen-bond donors (Lipinski definition) is 2. The third-order valence-electron chi connectivity index (χ3n) is 5.62. The molecule has 27 heavy (non-hydrogen) atoms. The topological polar surface area (TPSA) is 90.0 Å². The quantitative estimate of drug-likeness (QED) is 0.758. The molecular formula is C20H27N3O4. The molecule has 7 nitrogen and oxygen atoms in total. The summed E-state index contributed by atoms with van der Waals surface area (Å²) in [5.74, 6) is -0.846. The molecule has 2 heterocycles. The van der Waals surface area contributed by atoms with Crippen LogP contribution < -0.4 is 10.2 Å². The molecule has 2 amide bonds. The number of para-hydroxylation sites is 1. The van der Waals surface area contributed by atoms with Crippen LogP contribution in [0.3, 0.4) is 0 Å². The van der Waals surface area contributed by atoms with Crippen LogP contribution in [0.25, 0.3) is 0 Å². The molecule has 0 spiro atoms. The standard InChI is InChI=1S/C20H27N3O4/c24-17-6-9-20(21-17,11-8-19(26)27)10-7-18(25)23-14-12-22(13-15-23)16-4-2-1-3-5-16/h1-5H,6-15H2,(H,21,24)(H,26,27)/t20-/m0/s1. The van der Waals surface area contributed by atoms with Crippen molar-refractivity contribution >= 4 is 23.5 Å². The number of carbonyl (C=O) groups is 3. The van der Waals surface area contributed by atoms with Gasteiger partial charge in [0, 0.05) is 56.7 Å². The Labute approximate surface area is 159 Å². The van der Waals surface area contributed by atoms with Crippen molar-refractivity contribution < 1.29 is 19.5 Å². The third kappa shape index (κ3) is 4.99. The van der Waals surface area contributed by atoms with Gasteiger partial charge >= 0.3 is 5.97 Å². The molecule has 7 heteroatoms. The van der Waals surface area contributed by atoms with E-state index in [0.29, 0.717) is 45.2 Å². The molecule has 2 aliphatic rings. The largest absolute Gasteiger partial charge is 0.481 e. The molecule has 2 N–H and O–H groups in total. The highest BCUT2D eigenvalue weighted by molar-refractivity contribution is 5.80. The predicted octanol–water partition coefficient (Wildman–Crippen LogP) is 1.63. The van der Waals surface area contributed by atoms with Crippen LogP contribution in [-0.2, 0) is 14.4 Å². The summed E-state index contributed by atoms with van der Waals surface area (Å²) in [6.45, 7) is 2.97. The van der Waals surface area contributed by atoms with Crippen LogP contribution in [0, 0.1) is 0 Å². The molecule has 0 bridgehead atoms. The number of piperazine rings is 1. The lowest BCUT2D eigenvalue weighted by Crippen LogP contribution is -2.49. The van der Waals surface area contributed by atoms with Crippen molar-refractivity contribution in [2.75, 3.05) is 31.1 Å². The van der Waals surface area contributed by atoms with Gasteiger partial charge in [-0.2, -0.15) is 0 Å². The van der Waals surface area contributed by atoms with Crippen LogP contribution >= 0.6 is 0 Å². The Balaban J connectivity index is 1.50. The van der Waals surface area contributed by atoms with E-state index in [-0.39, 0.29) is 18.2 Å². The van der Waals surface area contributed by atoms with Crippen molar-refractivity contribution in [3.8, 4) is 0 Å². The molecule has 2 saturated heterocycles. The lowest BCUT2D eigenvalue weighted by molar-refractivity contribution is -0.137. The van der Waals surface area contributed by atoms with E-state index in [4.69, 9.17) is 5.11 Å². The fourth-order valence-electron chi connectivity index (χ4n) is 3.98. The molecule has 0 aromatic heterocycles. The second-order valence-corrected chi connectivity index (χ2v) is 7.43. The fourth-order valence-corrected chi connectivity index (χ4v) is 3.98. The average molecular weight is 373 g/mol. The molecular weight excluding hydrogens is 346 g/mol. The molecule has 1 atom stereocenters. The summed E-state index contributed by atoms with van der Waals surface area (Å²) >= 11 is 0. The summed E-state index contributed by atoms with van der Waals surface area (Å²) in [7, 11) is 0. The van der Waals surface area contributed by atoms with E-state index < -0.39 is 11.5 Å². The zero-order valence-corrected chi connectivity index (χ0v) is 15.5. The van der Waals surface area contributed by atoms with Crippen LogP contribution in [0.2, 0.25) is 0 Å². The van der Waals surface area contributed by atoms with Gasteiger partial charge < -0.3 is 20.2 Å². The lowest BCUT2D eigenvalue weighted by Gasteiger charge is -2.37. The van der Waals surface area contributed by atoms with Gasteiger partial charge in [-0.3, -0.25) is 14.4 Å². The van der Waals surface area contributed by atoms with Gasteiger partial charge in [0.1, 0.15) is 0 Å². The van der Waals surface area contributed by atoms with E-state index in [1.54, 1.807) is 0 Å². The summed E-state index contributed by atoms with van der Waals surface area (Å²) in [6, 6.07) is 10.2. The van der Waals surface area contributed by atoms with Gasteiger partial charge in [-0.25, -0.2) is 0 Å². The van der Waals surface area contributed by atoms with Gasteiger partial charge in [-0.1, -0.05) is 18.2 Å². The Hall–Kier alpha value is -2.57. The number of rotatable bonds is 7. The van der Waals surface area contributed by atoms with Crippen molar-refractivity contribution in [2.24, 2.45) is 0 Å². The van der Waals surface area contributed by atoms with E-state index >= 15 is 0 Å². The Morgan fingerprint density at radius 2 is 1.70 bits per heavy atom. The number of carboxylic acids is 1. The molecule has 0 saturated carbocycles. The minimum absolute atomic E-state index is 0.00419. The zero-order chi connectivity index (χ0) is 19.3. The van der Waals surface area contributed by atoms with Gasteiger partial charge in [-0.05, 0) is 31.4 Å². The van der Waals surface area contributed by atoms with Crippen molar-refractivity contribution in [3.63, 3.8) is 0 Å². The Morgan fingerprint density at radius 3 is 2.30 bits per heavy atom. The summed E-state index contributed by atoms with van der Waals surface area (Å²) in [4.78, 5) is 39.4. The second kappa shape index (κ2) is 8.41. The summed E-state index contributed by atoms with van der Waals surface area (Å²) < 4.78 is 0. The highest BCUT2D eigenvalue weighted by Gasteiger charge is 2.38. The Morgan fingerprint density at radius 1 is 1.04 bits per heavy atom. The molecule has 1 aromatic rings. The minimum Gasteiger partial charge on any atom is -0.481 e. The van der Waals surface area contributed by atoms with Crippen LogP contribution in [-0.4, -0.2) is 59.5 Å². The minimum atomic E-state index is -0.876. The van der Waals surface area contributed by atoms with Crippen LogP contribution in [0.15, 0.2) is 30.3 Å². The van der Waals surface area contributed by atoms with Crippen molar-refractivity contribution in [3.05, 3.63) is 30.3 Å². The summed E-state index contributed by atoms with van der Waals surface area (Å²) in [5.41, 5.74) is 0.627. The van der Waals surface area contributed by atoms with Gasteiger partial charge in [0.15, 0.2) is 0 Å². The normalized spacial score (nSPS) is 22.6. The lowest BCUT2D eigenvalue weighted by atomic mass is 9.86. The summed E-state index contributed by atoms with van der Waals surface area (Å²) in [5, 5.41) is 11.9. The zero-order valence-electron chi connectivity index (χ0n) is 15.5. The molecule has 0 unspecified atom stereocenters. The van der Waals surface area contributed by atoms with Crippen molar-refractivity contribution in [2.45, 2.75) is 44.1 Å². The number of anilines is 1. The first kappa shape index (κ1) is 19.2. The average Bonchev–Trinajstić information content (AvgIpc) is 3.07. The van der Waals surface area contributed by atoms with E-state index in [1.165, 1.54) is 5.69 Å². The van der Waals surface area contributed by atoms with Crippen LogP contribution in [0.4, 0.5) is 5.69 Å². The molecule has 2 fully saturated rings. The first-order chi connectivity index (χ1) is 13.0. The predicted molar refractivity (Wildman–Crippen MR) is 101 cm³/mol. The number of amides is 2. The van der Waals surface area contributed by atoms with E-state index in [1.807, 2.05) is 23.1 Å². The van der Waals surface area contributed by atoms with Gasteiger partial charge in [-0.15, -0.1) is 0 Å². The SMILES string of the molecule is O=C(O)CC[C@@]1(CCC(=O)N2CCN(c3ccccc3)CC2)CCC(=O)N1. The van der Waals surface area contributed by atoms with E-state index in [2.05, 4.69) is 22.3 Å². The van der Waals surface area contributed by atoms with Crippen LogP contribution in [0.5, 0.6) is 0 Å². The first-order valence-corrected chi connectivity index (χ1v) is 9.58. The third-order valence-corrected chi connectivity index (χ3v) is 5.62. The van der Waals surface area contributed by atoms with Gasteiger partial charge in [0.25, 0.3) is 0 Å². The maximum atomic E-state index is 12.6. The summed E-state index contributed by atoms with van der Waals surface area (Å²) in [6.07, 6.45) is 2.24. The fraction of sp³-hybridized carbons (Fsp3) is 0.550. The number of carboxylic acid groups (broad SMARTS) is 1. The monoisotopic (exact) mass is 373 g/mol. The maximum Gasteiger partial charge on any atom is 0.303 e. The number of hydrogen-bond acceptors (Lipinski definition) is 4. The molecule has 3 rings (SSSR count). The van der Waals surface area contributed by atoms with Crippen LogP contribution in [0.1, 0.15) is 38.5 Å². The second-order valence-electron chi connectivity index (χ2n) is 7.43. The number of carbonyl (C=O) groups excluding carboxylic acids is 2. The number of nitrogens with zero attached hydrogens (tertiary/aromatic N) is 2. The molecule has 2 aliphatic heterocycles. The Bertz CT molecular complexity index is 686. The Kier molecular flexibility index (Phi) is 5.98. The molecule has 0 aliphatic carbocycles. The van der Waals surface area contributed by atoms with Gasteiger partial charge in [0.05, 0.1) is 0 Å². The number of nitrogens with one attached hydrogen (secondary N) is 1. The van der Waals surface area contributed by atoms with Crippen molar-refractivity contribution in [1.29, 1.82) is 0 Å². The highest BCUT2D eigenvalue weighted by atomic mass is 16.4. The highest BCUT2D eigenvalue weighted by Crippen LogP contribution is 2.30. The van der Waals surface area contributed by atoms with E-state index in [0.717, 1.165) is 13.1 Å². The maximum absolute atomic E-state index is 12.6. The molecule has 0 radical (unpaired) electrons. The number of benzene rings is 1. The molecule has 146 valence electrons. The molecule has 1 aromatic carbocycles. The smallest absolute Gasteiger partial charge is 0.303 e. The number of aliphatic carboxylic acids is 1. The van der Waals surface area contributed by atoms with E-state index in [9.17, 15) is 14.4 Å².